The molecule has 2 aliphatic heterocycles. The first-order chi connectivity index (χ1) is 15.7. The van der Waals surface area contributed by atoms with Crippen LogP contribution in [0.1, 0.15) is 46.1 Å². The summed E-state index contributed by atoms with van der Waals surface area (Å²) in [6.45, 7) is 9.99. The zero-order valence-electron chi connectivity index (χ0n) is 20.0. The smallest absolute Gasteiger partial charge is 0.236 e. The summed E-state index contributed by atoms with van der Waals surface area (Å²) in [5.74, 6) is 0.936. The van der Waals surface area contributed by atoms with Gasteiger partial charge in [0, 0.05) is 25.4 Å². The first-order valence-corrected chi connectivity index (χ1v) is 11.8. The van der Waals surface area contributed by atoms with Gasteiger partial charge in [0.05, 0.1) is 16.5 Å². The molecular formula is C27H34N2O4. The highest BCUT2D eigenvalue weighted by Crippen LogP contribution is 2.40. The van der Waals surface area contributed by atoms with Crippen molar-refractivity contribution in [2.45, 2.75) is 46.0 Å². The van der Waals surface area contributed by atoms with E-state index in [2.05, 4.69) is 19.2 Å². The van der Waals surface area contributed by atoms with Gasteiger partial charge in [0.1, 0.15) is 12.4 Å². The van der Waals surface area contributed by atoms with Crippen LogP contribution >= 0.6 is 0 Å². The number of carbonyl (C=O) groups is 2. The van der Waals surface area contributed by atoms with E-state index in [0.717, 1.165) is 5.56 Å². The molecule has 2 heterocycles. The second-order valence-corrected chi connectivity index (χ2v) is 10.2. The lowest BCUT2D eigenvalue weighted by Crippen LogP contribution is -2.45. The Hall–Kier alpha value is -2.86. The van der Waals surface area contributed by atoms with E-state index < -0.39 is 10.8 Å². The van der Waals surface area contributed by atoms with Crippen LogP contribution in [0.3, 0.4) is 0 Å². The Morgan fingerprint density at radius 1 is 1.09 bits per heavy atom. The SMILES string of the molecule is CC(C)CN1C(=O)C(C)(C)COc2ccc(NC(=O)C3(c4ccccc4)CCOCC3)cc21. The molecule has 0 aliphatic carbocycles. The highest BCUT2D eigenvalue weighted by atomic mass is 16.5. The summed E-state index contributed by atoms with van der Waals surface area (Å²) in [6, 6.07) is 15.5. The van der Waals surface area contributed by atoms with E-state index in [-0.39, 0.29) is 17.7 Å². The van der Waals surface area contributed by atoms with Crippen molar-refractivity contribution in [1.29, 1.82) is 0 Å². The maximum Gasteiger partial charge on any atom is 0.236 e. The average molecular weight is 451 g/mol. The number of hydrogen-bond donors (Lipinski definition) is 1. The third-order valence-electron chi connectivity index (χ3n) is 6.58. The first kappa shape index (κ1) is 23.3. The molecule has 2 aromatic carbocycles. The van der Waals surface area contributed by atoms with E-state index in [1.165, 1.54) is 0 Å². The van der Waals surface area contributed by atoms with Crippen LogP contribution in [0, 0.1) is 11.3 Å². The third-order valence-corrected chi connectivity index (χ3v) is 6.58. The van der Waals surface area contributed by atoms with Crippen molar-refractivity contribution >= 4 is 23.2 Å². The Morgan fingerprint density at radius 2 is 1.79 bits per heavy atom. The lowest BCUT2D eigenvalue weighted by atomic mass is 9.73. The Morgan fingerprint density at radius 3 is 2.45 bits per heavy atom. The van der Waals surface area contributed by atoms with Crippen LogP contribution in [0.2, 0.25) is 0 Å². The van der Waals surface area contributed by atoms with Crippen LogP contribution in [0.15, 0.2) is 48.5 Å². The van der Waals surface area contributed by atoms with E-state index in [4.69, 9.17) is 9.47 Å². The Labute approximate surface area is 196 Å². The topological polar surface area (TPSA) is 67.9 Å². The maximum absolute atomic E-state index is 13.7. The minimum atomic E-state index is -0.641. The molecule has 6 heteroatoms. The van der Waals surface area contributed by atoms with Gasteiger partial charge in [0.2, 0.25) is 11.8 Å². The summed E-state index contributed by atoms with van der Waals surface area (Å²) in [5, 5.41) is 3.14. The largest absolute Gasteiger partial charge is 0.490 e. The molecule has 0 spiro atoms. The molecule has 1 N–H and O–H groups in total. The molecule has 2 aliphatic rings. The van der Waals surface area contributed by atoms with Crippen molar-refractivity contribution in [2.24, 2.45) is 11.3 Å². The molecule has 2 amide bonds. The molecule has 33 heavy (non-hydrogen) atoms. The van der Waals surface area contributed by atoms with E-state index >= 15 is 0 Å². The van der Waals surface area contributed by atoms with Gasteiger partial charge in [-0.15, -0.1) is 0 Å². The lowest BCUT2D eigenvalue weighted by Gasteiger charge is -2.36. The number of fused-ring (bicyclic) bond motifs is 1. The van der Waals surface area contributed by atoms with Crippen LogP contribution in [0.25, 0.3) is 0 Å². The van der Waals surface area contributed by atoms with Gasteiger partial charge in [0.25, 0.3) is 0 Å². The van der Waals surface area contributed by atoms with Crippen molar-refractivity contribution < 1.29 is 19.1 Å². The minimum absolute atomic E-state index is 0.0311. The average Bonchev–Trinajstić information content (AvgIpc) is 2.90. The van der Waals surface area contributed by atoms with Gasteiger partial charge in [-0.2, -0.15) is 0 Å². The van der Waals surface area contributed by atoms with Gasteiger partial charge in [-0.25, -0.2) is 0 Å². The standard InChI is InChI=1S/C27H34N2O4/c1-19(2)17-29-22-16-21(10-11-23(22)33-18-26(3,4)25(29)31)28-24(30)27(12-14-32-15-13-27)20-8-6-5-7-9-20/h5-11,16,19H,12-15,17-18H2,1-4H3,(H,28,30). The van der Waals surface area contributed by atoms with Gasteiger partial charge < -0.3 is 19.7 Å². The van der Waals surface area contributed by atoms with E-state index in [1.807, 2.05) is 67.3 Å². The van der Waals surface area contributed by atoms with Gasteiger partial charge >= 0.3 is 0 Å². The molecule has 1 fully saturated rings. The molecular weight excluding hydrogens is 416 g/mol. The maximum atomic E-state index is 13.7. The van der Waals surface area contributed by atoms with Crippen LogP contribution in [0.4, 0.5) is 11.4 Å². The molecule has 2 aromatic rings. The number of ether oxygens (including phenoxy) is 2. The fraction of sp³-hybridized carbons (Fsp3) is 0.481. The fourth-order valence-corrected chi connectivity index (χ4v) is 4.64. The molecule has 0 aromatic heterocycles. The Bertz CT molecular complexity index is 1010. The normalized spacial score (nSPS) is 19.4. The molecule has 1 saturated heterocycles. The summed E-state index contributed by atoms with van der Waals surface area (Å²) in [6.07, 6.45) is 1.26. The fourth-order valence-electron chi connectivity index (χ4n) is 4.64. The number of hydrogen-bond acceptors (Lipinski definition) is 4. The summed E-state index contributed by atoms with van der Waals surface area (Å²) in [4.78, 5) is 28.8. The van der Waals surface area contributed by atoms with Crippen molar-refractivity contribution in [1.82, 2.24) is 0 Å². The number of carbonyl (C=O) groups excluding carboxylic acids is 2. The van der Waals surface area contributed by atoms with Crippen LogP contribution in [0.5, 0.6) is 5.75 Å². The van der Waals surface area contributed by atoms with Crippen molar-refractivity contribution in [2.75, 3.05) is 36.6 Å². The number of amides is 2. The first-order valence-electron chi connectivity index (χ1n) is 11.8. The summed E-state index contributed by atoms with van der Waals surface area (Å²) in [5.41, 5.74) is 1.10. The van der Waals surface area contributed by atoms with Crippen molar-refractivity contribution in [3.8, 4) is 5.75 Å². The molecule has 6 nitrogen and oxygen atoms in total. The minimum Gasteiger partial charge on any atom is -0.490 e. The van der Waals surface area contributed by atoms with Crippen LogP contribution in [-0.4, -0.2) is 38.2 Å². The zero-order valence-corrected chi connectivity index (χ0v) is 20.0. The molecule has 0 bridgehead atoms. The number of benzene rings is 2. The Balaban J connectivity index is 1.67. The Kier molecular flexibility index (Phi) is 6.48. The molecule has 176 valence electrons. The van der Waals surface area contributed by atoms with Crippen LogP contribution < -0.4 is 15.0 Å². The van der Waals surface area contributed by atoms with E-state index in [0.29, 0.717) is 56.3 Å². The van der Waals surface area contributed by atoms with Gasteiger partial charge in [0.15, 0.2) is 0 Å². The lowest BCUT2D eigenvalue weighted by molar-refractivity contribution is -0.127. The monoisotopic (exact) mass is 450 g/mol. The predicted octanol–water partition coefficient (Wildman–Crippen LogP) is 4.78. The van der Waals surface area contributed by atoms with Crippen molar-refractivity contribution in [3.63, 3.8) is 0 Å². The molecule has 0 radical (unpaired) electrons. The second-order valence-electron chi connectivity index (χ2n) is 10.2. The molecule has 0 atom stereocenters. The van der Waals surface area contributed by atoms with E-state index in [9.17, 15) is 9.59 Å². The highest BCUT2D eigenvalue weighted by Gasteiger charge is 2.42. The number of anilines is 2. The summed E-state index contributed by atoms with van der Waals surface area (Å²) < 4.78 is 11.6. The van der Waals surface area contributed by atoms with Crippen LogP contribution in [-0.2, 0) is 19.7 Å². The molecule has 0 saturated carbocycles. The quantitative estimate of drug-likeness (QED) is 0.712. The van der Waals surface area contributed by atoms with Crippen molar-refractivity contribution in [3.05, 3.63) is 54.1 Å². The number of nitrogens with zero attached hydrogens (tertiary/aromatic N) is 1. The second kappa shape index (κ2) is 9.18. The number of rotatable bonds is 5. The third kappa shape index (κ3) is 4.62. The number of nitrogens with one attached hydrogen (secondary N) is 1. The summed E-state index contributed by atoms with van der Waals surface area (Å²) >= 11 is 0. The zero-order chi connectivity index (χ0) is 23.6. The molecule has 4 rings (SSSR count). The molecule has 0 unspecified atom stereocenters. The predicted molar refractivity (Wildman–Crippen MR) is 130 cm³/mol. The van der Waals surface area contributed by atoms with E-state index in [1.54, 1.807) is 0 Å². The van der Waals surface area contributed by atoms with Gasteiger partial charge in [-0.05, 0) is 56.4 Å². The highest BCUT2D eigenvalue weighted by molar-refractivity contribution is 6.02. The van der Waals surface area contributed by atoms with Gasteiger partial charge in [-0.1, -0.05) is 44.2 Å². The van der Waals surface area contributed by atoms with Gasteiger partial charge in [-0.3, -0.25) is 9.59 Å². The summed E-state index contributed by atoms with van der Waals surface area (Å²) in [7, 11) is 0.